The topological polar surface area (TPSA) is 96.0 Å². The van der Waals surface area contributed by atoms with Gasteiger partial charge in [0.05, 0.1) is 17.2 Å². The lowest BCUT2D eigenvalue weighted by Crippen LogP contribution is -2.53. The third-order valence-corrected chi connectivity index (χ3v) is 9.80. The Hall–Kier alpha value is -4.22. The average molecular weight is 725 g/mol. The fraction of sp³-hybridized carbons (Fsp3) is 0.278. The van der Waals surface area contributed by atoms with Gasteiger partial charge in [-0.2, -0.15) is 0 Å². The number of benzene rings is 4. The van der Waals surface area contributed by atoms with Crippen molar-refractivity contribution in [2.45, 2.75) is 50.6 Å². The molecule has 0 aliphatic rings. The number of unbranched alkanes of at least 4 members (excludes halogenated alkanes) is 1. The van der Waals surface area contributed by atoms with E-state index in [1.807, 2.05) is 68.4 Å². The Morgan fingerprint density at radius 2 is 1.53 bits per heavy atom. The van der Waals surface area contributed by atoms with Gasteiger partial charge in [-0.25, -0.2) is 12.8 Å². The van der Waals surface area contributed by atoms with Gasteiger partial charge in [-0.15, -0.1) is 0 Å². The van der Waals surface area contributed by atoms with Crippen molar-refractivity contribution < 1.29 is 27.1 Å². The van der Waals surface area contributed by atoms with Crippen LogP contribution in [0.3, 0.4) is 0 Å². The average Bonchev–Trinajstić information content (AvgIpc) is 3.07. The number of rotatable bonds is 16. The van der Waals surface area contributed by atoms with Gasteiger partial charge >= 0.3 is 0 Å². The van der Waals surface area contributed by atoms with Crippen LogP contribution >= 0.6 is 15.9 Å². The highest BCUT2D eigenvalue weighted by Gasteiger charge is 2.34. The van der Waals surface area contributed by atoms with E-state index in [4.69, 9.17) is 4.74 Å². The molecule has 47 heavy (non-hydrogen) atoms. The van der Waals surface area contributed by atoms with Crippen LogP contribution in [0.5, 0.6) is 5.75 Å². The predicted molar refractivity (Wildman–Crippen MR) is 185 cm³/mol. The maximum Gasteiger partial charge on any atom is 0.264 e. The summed E-state index contributed by atoms with van der Waals surface area (Å²) in [5, 5.41) is 2.97. The van der Waals surface area contributed by atoms with E-state index >= 15 is 0 Å². The van der Waals surface area contributed by atoms with Crippen molar-refractivity contribution in [3.8, 4) is 5.75 Å². The molecule has 8 nitrogen and oxygen atoms in total. The monoisotopic (exact) mass is 723 g/mol. The molecule has 0 saturated carbocycles. The van der Waals surface area contributed by atoms with E-state index in [0.717, 1.165) is 44.9 Å². The SMILES string of the molecule is CCCCNC(=O)[C@H](Cc1ccccc1)N(Cc1ccc(Br)cc1)C(=O)CN(c1ccc(F)cc1)S(=O)(=O)c1ccc(OCC)cc1. The van der Waals surface area contributed by atoms with E-state index in [9.17, 15) is 22.4 Å². The van der Waals surface area contributed by atoms with E-state index in [2.05, 4.69) is 21.2 Å². The van der Waals surface area contributed by atoms with Crippen molar-refractivity contribution in [3.05, 3.63) is 125 Å². The largest absolute Gasteiger partial charge is 0.494 e. The van der Waals surface area contributed by atoms with Crippen LogP contribution in [-0.2, 0) is 32.6 Å². The van der Waals surface area contributed by atoms with E-state index in [-0.39, 0.29) is 29.5 Å². The molecule has 1 N–H and O–H groups in total. The Labute approximate surface area is 284 Å². The van der Waals surface area contributed by atoms with E-state index in [0.29, 0.717) is 18.9 Å². The summed E-state index contributed by atoms with van der Waals surface area (Å²) >= 11 is 3.44. The number of amides is 2. The lowest BCUT2D eigenvalue weighted by molar-refractivity contribution is -0.140. The van der Waals surface area contributed by atoms with Crippen molar-refractivity contribution in [1.82, 2.24) is 10.2 Å². The second kappa shape index (κ2) is 17.1. The van der Waals surface area contributed by atoms with Crippen LogP contribution in [0.1, 0.15) is 37.8 Å². The summed E-state index contributed by atoms with van der Waals surface area (Å²) in [6.45, 7) is 4.10. The summed E-state index contributed by atoms with van der Waals surface area (Å²) in [4.78, 5) is 29.7. The molecule has 0 radical (unpaired) electrons. The smallest absolute Gasteiger partial charge is 0.264 e. The molecule has 2 amide bonds. The highest BCUT2D eigenvalue weighted by molar-refractivity contribution is 9.10. The van der Waals surface area contributed by atoms with Gasteiger partial charge < -0.3 is 15.0 Å². The molecule has 0 aliphatic carbocycles. The number of hydrogen-bond donors (Lipinski definition) is 1. The molecular weight excluding hydrogens is 685 g/mol. The van der Waals surface area contributed by atoms with Crippen LogP contribution in [0.2, 0.25) is 0 Å². The number of anilines is 1. The van der Waals surface area contributed by atoms with Gasteiger partial charge in [0.1, 0.15) is 24.2 Å². The third-order valence-electron chi connectivity index (χ3n) is 7.48. The summed E-state index contributed by atoms with van der Waals surface area (Å²) in [5.41, 5.74) is 1.70. The second-order valence-corrected chi connectivity index (χ2v) is 13.7. The second-order valence-electron chi connectivity index (χ2n) is 10.9. The fourth-order valence-corrected chi connectivity index (χ4v) is 6.66. The van der Waals surface area contributed by atoms with Crippen molar-refractivity contribution in [3.63, 3.8) is 0 Å². The Kier molecular flexibility index (Phi) is 12.9. The van der Waals surface area contributed by atoms with Crippen molar-refractivity contribution in [2.75, 3.05) is 24.0 Å². The summed E-state index contributed by atoms with van der Waals surface area (Å²) in [6, 6.07) is 26.6. The number of sulfonamides is 1. The number of hydrogen-bond acceptors (Lipinski definition) is 5. The molecule has 0 heterocycles. The number of halogens is 2. The molecule has 0 bridgehead atoms. The number of nitrogens with zero attached hydrogens (tertiary/aromatic N) is 2. The normalized spacial score (nSPS) is 11.8. The lowest BCUT2D eigenvalue weighted by atomic mass is 10.0. The van der Waals surface area contributed by atoms with Crippen molar-refractivity contribution in [1.29, 1.82) is 0 Å². The van der Waals surface area contributed by atoms with Crippen LogP contribution in [0.15, 0.2) is 112 Å². The van der Waals surface area contributed by atoms with Gasteiger partial charge in [0, 0.05) is 24.0 Å². The molecule has 4 aromatic rings. The first-order valence-corrected chi connectivity index (χ1v) is 17.7. The maximum absolute atomic E-state index is 14.5. The molecule has 1 atom stereocenters. The number of carbonyl (C=O) groups is 2. The van der Waals surface area contributed by atoms with Crippen LogP contribution < -0.4 is 14.4 Å². The molecule has 0 aliphatic heterocycles. The zero-order valence-corrected chi connectivity index (χ0v) is 28.8. The standard InChI is InChI=1S/C36H39BrFN3O5S/c1-3-5-23-39-36(43)34(24-27-9-7-6-8-10-27)40(25-28-11-13-29(37)14-12-28)35(42)26-41(31-17-15-30(38)16-18-31)47(44,45)33-21-19-32(20-22-33)46-4-2/h6-22,34H,3-5,23-26H2,1-2H3,(H,39,43)/t34-/m0/s1. The van der Waals surface area contributed by atoms with Crippen LogP contribution in [0.25, 0.3) is 0 Å². The Bertz CT molecular complexity index is 1700. The quantitative estimate of drug-likeness (QED) is 0.129. The third kappa shape index (κ3) is 9.89. The van der Waals surface area contributed by atoms with Gasteiger partial charge in [-0.05, 0) is 85.1 Å². The van der Waals surface area contributed by atoms with Crippen LogP contribution in [-0.4, -0.2) is 50.9 Å². The highest BCUT2D eigenvalue weighted by atomic mass is 79.9. The van der Waals surface area contributed by atoms with Gasteiger partial charge in [-0.1, -0.05) is 71.7 Å². The Balaban J connectivity index is 1.77. The minimum atomic E-state index is -4.33. The van der Waals surface area contributed by atoms with E-state index in [1.54, 1.807) is 0 Å². The predicted octanol–water partition coefficient (Wildman–Crippen LogP) is 6.74. The molecule has 0 unspecified atom stereocenters. The van der Waals surface area contributed by atoms with Gasteiger partial charge in [0.2, 0.25) is 11.8 Å². The van der Waals surface area contributed by atoms with Crippen molar-refractivity contribution >= 4 is 43.5 Å². The Morgan fingerprint density at radius 3 is 2.15 bits per heavy atom. The first kappa shape index (κ1) is 35.6. The molecule has 11 heteroatoms. The van der Waals surface area contributed by atoms with Gasteiger partial charge in [0.25, 0.3) is 10.0 Å². The summed E-state index contributed by atoms with van der Waals surface area (Å²) in [7, 11) is -4.33. The Morgan fingerprint density at radius 1 is 0.872 bits per heavy atom. The first-order valence-electron chi connectivity index (χ1n) is 15.5. The minimum Gasteiger partial charge on any atom is -0.494 e. The number of nitrogens with one attached hydrogen (secondary N) is 1. The van der Waals surface area contributed by atoms with E-state index < -0.39 is 34.3 Å². The van der Waals surface area contributed by atoms with Gasteiger partial charge in [-0.3, -0.25) is 13.9 Å². The zero-order valence-electron chi connectivity index (χ0n) is 26.4. The van der Waals surface area contributed by atoms with Crippen molar-refractivity contribution in [2.24, 2.45) is 0 Å². The minimum absolute atomic E-state index is 0.0468. The number of carbonyl (C=O) groups excluding carboxylic acids is 2. The molecule has 0 fully saturated rings. The summed E-state index contributed by atoms with van der Waals surface area (Å²) in [6.07, 6.45) is 1.85. The molecule has 0 spiro atoms. The number of ether oxygens (including phenoxy) is 1. The molecule has 248 valence electrons. The molecule has 0 saturated heterocycles. The summed E-state index contributed by atoms with van der Waals surface area (Å²) in [5.74, 6) is -0.995. The maximum atomic E-state index is 14.5. The lowest BCUT2D eigenvalue weighted by Gasteiger charge is -2.34. The first-order chi connectivity index (χ1) is 22.6. The van der Waals surface area contributed by atoms with E-state index in [1.165, 1.54) is 41.3 Å². The molecule has 0 aromatic heterocycles. The van der Waals surface area contributed by atoms with Crippen LogP contribution in [0.4, 0.5) is 10.1 Å². The zero-order chi connectivity index (χ0) is 33.8. The molecule has 4 rings (SSSR count). The summed E-state index contributed by atoms with van der Waals surface area (Å²) < 4.78 is 49.5. The fourth-order valence-electron chi connectivity index (χ4n) is 4.98. The highest BCUT2D eigenvalue weighted by Crippen LogP contribution is 2.27. The van der Waals surface area contributed by atoms with Gasteiger partial charge in [0.15, 0.2) is 0 Å². The molecule has 4 aromatic carbocycles. The molecular formula is C36H39BrFN3O5S. The van der Waals surface area contributed by atoms with Crippen LogP contribution in [0, 0.1) is 5.82 Å².